The molecule has 3 atom stereocenters. The number of hydrogen-bond acceptors (Lipinski definition) is 8. The van der Waals surface area contributed by atoms with Gasteiger partial charge in [-0.15, -0.1) is 0 Å². The van der Waals surface area contributed by atoms with Crippen molar-refractivity contribution in [1.29, 1.82) is 5.26 Å². The van der Waals surface area contributed by atoms with Gasteiger partial charge in [-0.25, -0.2) is 4.39 Å². The molecule has 3 heterocycles. The van der Waals surface area contributed by atoms with Gasteiger partial charge >= 0.3 is 6.01 Å². The maximum absolute atomic E-state index is 14.9. The molecule has 1 saturated carbocycles. The Bertz CT molecular complexity index is 1250. The molecule has 39 heavy (non-hydrogen) atoms. The lowest BCUT2D eigenvalue weighted by molar-refractivity contribution is 0.247. The van der Waals surface area contributed by atoms with Gasteiger partial charge in [0, 0.05) is 38.3 Å². The molecule has 8 nitrogen and oxygen atoms in total. The highest BCUT2D eigenvalue weighted by Gasteiger charge is 2.38. The zero-order valence-electron chi connectivity index (χ0n) is 23.0. The number of aromatic nitrogens is 2. The van der Waals surface area contributed by atoms with Crippen molar-refractivity contribution in [3.8, 4) is 12.1 Å². The quantitative estimate of drug-likeness (QED) is 0.454. The smallest absolute Gasteiger partial charge is 0.318 e. The number of ether oxygens (including phenoxy) is 1. The summed E-state index contributed by atoms with van der Waals surface area (Å²) in [6.07, 6.45) is 6.36. The first-order chi connectivity index (χ1) is 18.9. The highest BCUT2D eigenvalue weighted by molar-refractivity contribution is 6.31. The van der Waals surface area contributed by atoms with E-state index in [2.05, 4.69) is 41.1 Å². The van der Waals surface area contributed by atoms with Crippen LogP contribution < -0.4 is 14.5 Å². The number of benzene rings is 1. The maximum Gasteiger partial charge on any atom is 0.318 e. The summed E-state index contributed by atoms with van der Waals surface area (Å²) in [5.74, 6) is 1.63. The third-order valence-corrected chi connectivity index (χ3v) is 8.18. The van der Waals surface area contributed by atoms with Crippen LogP contribution in [-0.4, -0.2) is 79.2 Å². The van der Waals surface area contributed by atoms with E-state index in [0.29, 0.717) is 62.6 Å². The average Bonchev–Trinajstić information content (AvgIpc) is 3.66. The number of rotatable bonds is 9. The summed E-state index contributed by atoms with van der Waals surface area (Å²) in [6.45, 7) is 7.02. The molecule has 0 radical (unpaired) electrons. The van der Waals surface area contributed by atoms with E-state index in [1.54, 1.807) is 18.2 Å². The Morgan fingerprint density at radius 2 is 2.05 bits per heavy atom. The molecule has 0 spiro atoms. The Morgan fingerprint density at radius 1 is 1.21 bits per heavy atom. The van der Waals surface area contributed by atoms with Crippen LogP contribution in [0.2, 0.25) is 5.02 Å². The van der Waals surface area contributed by atoms with Crippen LogP contribution in [0.5, 0.6) is 6.01 Å². The van der Waals surface area contributed by atoms with Crippen LogP contribution in [0.3, 0.4) is 0 Å². The van der Waals surface area contributed by atoms with Gasteiger partial charge in [0.05, 0.1) is 48.1 Å². The number of anilines is 2. The lowest BCUT2D eigenvalue weighted by Crippen LogP contribution is -2.51. The normalized spacial score (nSPS) is 22.8. The minimum absolute atomic E-state index is 0.0776. The molecule has 5 rings (SSSR count). The second-order valence-corrected chi connectivity index (χ2v) is 11.4. The van der Waals surface area contributed by atoms with E-state index in [1.807, 2.05) is 17.9 Å². The van der Waals surface area contributed by atoms with Crippen LogP contribution in [-0.2, 0) is 13.0 Å². The molecule has 0 bridgehead atoms. The Kier molecular flexibility index (Phi) is 8.43. The molecule has 2 aromatic rings. The Balaban J connectivity index is 1.42. The van der Waals surface area contributed by atoms with Gasteiger partial charge in [0.15, 0.2) is 5.82 Å². The number of halogens is 2. The third kappa shape index (κ3) is 6.23. The molecule has 10 heteroatoms. The Hall–Kier alpha value is -3.09. The van der Waals surface area contributed by atoms with Crippen LogP contribution in [0.15, 0.2) is 30.5 Å². The van der Waals surface area contributed by atoms with Gasteiger partial charge in [-0.05, 0) is 64.0 Å². The van der Waals surface area contributed by atoms with E-state index in [-0.39, 0.29) is 11.1 Å². The van der Waals surface area contributed by atoms with Gasteiger partial charge < -0.3 is 24.3 Å². The molecular formula is C29H37ClFN7O. The number of allylic oxidation sites excluding steroid dienone is 1. The van der Waals surface area contributed by atoms with Crippen molar-refractivity contribution in [3.05, 3.63) is 52.6 Å². The second-order valence-electron chi connectivity index (χ2n) is 11.0. The van der Waals surface area contributed by atoms with Crippen LogP contribution in [0.25, 0.3) is 0 Å². The van der Waals surface area contributed by atoms with Crippen molar-refractivity contribution in [3.63, 3.8) is 0 Å². The predicted octanol–water partition coefficient (Wildman–Crippen LogP) is 4.35. The molecule has 0 N–H and O–H groups in total. The fraction of sp³-hybridized carbons (Fsp3) is 0.552. The molecule has 0 amide bonds. The molecule has 1 saturated heterocycles. The zero-order chi connectivity index (χ0) is 27.5. The monoisotopic (exact) mass is 553 g/mol. The number of piperazine rings is 1. The van der Waals surface area contributed by atoms with Gasteiger partial charge in [-0.1, -0.05) is 23.7 Å². The van der Waals surface area contributed by atoms with E-state index in [0.717, 1.165) is 43.1 Å². The highest BCUT2D eigenvalue weighted by atomic mass is 35.5. The van der Waals surface area contributed by atoms with Crippen LogP contribution in [0, 0.1) is 29.0 Å². The standard InChI is InChI=1S/C29H37ClFN7O/c1-4-11-36-13-14-38(17-22(36)8-10-32)28-23-9-12-37(26-7-5-6-24(30)27(26)31)18-25(23)33-29(34-28)39-19-21-15-20(21)16-35(2)3/h4-7,11,20-22H,8-9,12-19H2,1-3H3/t20?,21?,22-/m0/s1. The minimum atomic E-state index is -0.409. The van der Waals surface area contributed by atoms with E-state index < -0.39 is 5.82 Å². The number of hydrogen-bond donors (Lipinski definition) is 0. The van der Waals surface area contributed by atoms with Crippen LogP contribution >= 0.6 is 11.6 Å². The number of fused-ring (bicyclic) bond motifs is 1. The van der Waals surface area contributed by atoms with Crippen LogP contribution in [0.1, 0.15) is 31.0 Å². The first-order valence-corrected chi connectivity index (χ1v) is 14.1. The molecule has 2 unspecified atom stereocenters. The van der Waals surface area contributed by atoms with Crippen molar-refractivity contribution in [1.82, 2.24) is 19.8 Å². The van der Waals surface area contributed by atoms with E-state index in [9.17, 15) is 9.65 Å². The van der Waals surface area contributed by atoms with E-state index in [1.165, 1.54) is 0 Å². The summed E-state index contributed by atoms with van der Waals surface area (Å²) in [7, 11) is 4.19. The largest absolute Gasteiger partial charge is 0.463 e. The zero-order valence-corrected chi connectivity index (χ0v) is 23.7. The molecular weight excluding hydrogens is 517 g/mol. The first kappa shape index (κ1) is 27.5. The second kappa shape index (κ2) is 12.0. The van der Waals surface area contributed by atoms with Crippen molar-refractivity contribution >= 4 is 23.1 Å². The number of nitrogens with zero attached hydrogens (tertiary/aromatic N) is 7. The topological polar surface area (TPSA) is 71.8 Å². The summed E-state index contributed by atoms with van der Waals surface area (Å²) >= 11 is 6.09. The molecule has 2 fully saturated rings. The van der Waals surface area contributed by atoms with Crippen molar-refractivity contribution < 1.29 is 9.13 Å². The highest BCUT2D eigenvalue weighted by Crippen LogP contribution is 2.39. The van der Waals surface area contributed by atoms with Gasteiger partial charge in [-0.2, -0.15) is 15.2 Å². The fourth-order valence-electron chi connectivity index (χ4n) is 5.78. The summed E-state index contributed by atoms with van der Waals surface area (Å²) in [4.78, 5) is 18.5. The average molecular weight is 554 g/mol. The lowest BCUT2D eigenvalue weighted by Gasteiger charge is -2.42. The first-order valence-electron chi connectivity index (χ1n) is 13.7. The van der Waals surface area contributed by atoms with Crippen molar-refractivity contribution in [2.75, 3.05) is 63.2 Å². The molecule has 2 aliphatic heterocycles. The number of nitriles is 1. The Morgan fingerprint density at radius 3 is 2.82 bits per heavy atom. The molecule has 3 aliphatic rings. The fourth-order valence-corrected chi connectivity index (χ4v) is 5.95. The molecule has 1 aliphatic carbocycles. The van der Waals surface area contributed by atoms with Gasteiger partial charge in [-0.3, -0.25) is 0 Å². The summed E-state index contributed by atoms with van der Waals surface area (Å²) in [5.41, 5.74) is 2.41. The Labute approximate surface area is 235 Å². The minimum Gasteiger partial charge on any atom is -0.463 e. The van der Waals surface area contributed by atoms with E-state index in [4.69, 9.17) is 26.3 Å². The predicted molar refractivity (Wildman–Crippen MR) is 152 cm³/mol. The van der Waals surface area contributed by atoms with Gasteiger partial charge in [0.25, 0.3) is 0 Å². The van der Waals surface area contributed by atoms with Crippen LogP contribution in [0.4, 0.5) is 15.9 Å². The van der Waals surface area contributed by atoms with Gasteiger partial charge in [0.1, 0.15) is 5.82 Å². The molecule has 1 aromatic heterocycles. The van der Waals surface area contributed by atoms with Crippen molar-refractivity contribution in [2.24, 2.45) is 11.8 Å². The lowest BCUT2D eigenvalue weighted by atomic mass is 10.0. The summed E-state index contributed by atoms with van der Waals surface area (Å²) < 4.78 is 21.1. The molecule has 1 aromatic carbocycles. The maximum atomic E-state index is 14.9. The summed E-state index contributed by atoms with van der Waals surface area (Å²) in [5, 5.41) is 9.58. The van der Waals surface area contributed by atoms with E-state index >= 15 is 0 Å². The summed E-state index contributed by atoms with van der Waals surface area (Å²) in [6, 6.07) is 7.90. The third-order valence-electron chi connectivity index (χ3n) is 7.89. The SMILES string of the molecule is CC=CN1CCN(c2nc(OCC3CC3CN(C)C)nc3c2CCN(c2cccc(Cl)c2F)C3)C[C@@H]1CC#N. The van der Waals surface area contributed by atoms with Gasteiger partial charge in [0.2, 0.25) is 0 Å². The van der Waals surface area contributed by atoms with Crippen molar-refractivity contribution in [2.45, 2.75) is 38.8 Å². The molecule has 208 valence electrons.